The first-order valence-electron chi connectivity index (χ1n) is 7.37. The number of amides is 1. The maximum absolute atomic E-state index is 12.6. The van der Waals surface area contributed by atoms with Crippen molar-refractivity contribution >= 4 is 17.2 Å². The molecule has 102 valence electrons. The van der Waals surface area contributed by atoms with Gasteiger partial charge in [-0.15, -0.1) is 11.3 Å². The van der Waals surface area contributed by atoms with E-state index >= 15 is 0 Å². The van der Waals surface area contributed by atoms with E-state index in [9.17, 15) is 4.79 Å². The molecule has 4 heteroatoms. The van der Waals surface area contributed by atoms with E-state index < -0.39 is 0 Å². The third-order valence-corrected chi connectivity index (χ3v) is 5.58. The maximum Gasteiger partial charge on any atom is 0.241 e. The molecule has 2 saturated carbocycles. The summed E-state index contributed by atoms with van der Waals surface area (Å²) in [7, 11) is 0. The molecule has 1 N–H and O–H groups in total. The second-order valence-corrected chi connectivity index (χ2v) is 7.20. The predicted octanol–water partition coefficient (Wildman–Crippen LogP) is 2.76. The van der Waals surface area contributed by atoms with Crippen molar-refractivity contribution in [1.82, 2.24) is 10.2 Å². The van der Waals surface area contributed by atoms with Gasteiger partial charge in [0.15, 0.2) is 0 Å². The minimum absolute atomic E-state index is 0.0351. The summed E-state index contributed by atoms with van der Waals surface area (Å²) >= 11 is 1.75. The summed E-state index contributed by atoms with van der Waals surface area (Å²) < 4.78 is 0. The summed E-state index contributed by atoms with van der Waals surface area (Å²) in [6.07, 6.45) is 5.38. The SMILES string of the molecule is CC1NC(c2cccs2)N(C(C2CC2)C2CC2)C1=O. The third kappa shape index (κ3) is 2.01. The number of thiophene rings is 1. The van der Waals surface area contributed by atoms with Gasteiger partial charge in [-0.25, -0.2) is 0 Å². The molecule has 1 aliphatic heterocycles. The molecule has 3 nitrogen and oxygen atoms in total. The molecule has 1 aromatic heterocycles. The summed E-state index contributed by atoms with van der Waals surface area (Å²) in [6, 6.07) is 4.69. The zero-order chi connectivity index (χ0) is 13.0. The smallest absolute Gasteiger partial charge is 0.241 e. The molecule has 2 unspecified atom stereocenters. The van der Waals surface area contributed by atoms with Gasteiger partial charge in [-0.05, 0) is 55.9 Å². The lowest BCUT2D eigenvalue weighted by molar-refractivity contribution is -0.133. The highest BCUT2D eigenvalue weighted by Crippen LogP contribution is 2.50. The molecule has 3 aliphatic rings. The normalized spacial score (nSPS) is 31.5. The van der Waals surface area contributed by atoms with E-state index in [0.717, 1.165) is 11.8 Å². The molecule has 1 aromatic rings. The number of carbonyl (C=O) groups excluding carboxylic acids is 1. The Bertz CT molecular complexity index is 466. The van der Waals surface area contributed by atoms with Crippen LogP contribution in [0, 0.1) is 11.8 Å². The lowest BCUT2D eigenvalue weighted by atomic mass is 10.0. The number of nitrogens with one attached hydrogen (secondary N) is 1. The van der Waals surface area contributed by atoms with Crippen LogP contribution >= 0.6 is 11.3 Å². The summed E-state index contributed by atoms with van der Waals surface area (Å²) in [5.41, 5.74) is 0. The Kier molecular flexibility index (Phi) is 2.71. The summed E-state index contributed by atoms with van der Waals surface area (Å²) in [6.45, 7) is 2.00. The molecule has 4 rings (SSSR count). The Labute approximate surface area is 118 Å². The number of hydrogen-bond acceptors (Lipinski definition) is 3. The minimum atomic E-state index is -0.0351. The molecule has 2 heterocycles. The van der Waals surface area contributed by atoms with Gasteiger partial charge in [0.2, 0.25) is 5.91 Å². The van der Waals surface area contributed by atoms with Crippen LogP contribution in [0.2, 0.25) is 0 Å². The van der Waals surface area contributed by atoms with Gasteiger partial charge >= 0.3 is 0 Å². The van der Waals surface area contributed by atoms with E-state index in [0.29, 0.717) is 11.9 Å². The van der Waals surface area contributed by atoms with Crippen LogP contribution in [0.4, 0.5) is 0 Å². The Morgan fingerprint density at radius 2 is 2.00 bits per heavy atom. The third-order valence-electron chi connectivity index (χ3n) is 4.65. The fraction of sp³-hybridized carbons (Fsp3) is 0.667. The highest BCUT2D eigenvalue weighted by molar-refractivity contribution is 7.10. The van der Waals surface area contributed by atoms with Gasteiger partial charge in [0.05, 0.1) is 6.04 Å². The van der Waals surface area contributed by atoms with Crippen LogP contribution in [-0.4, -0.2) is 22.9 Å². The van der Waals surface area contributed by atoms with Crippen LogP contribution in [0.1, 0.15) is 43.6 Å². The van der Waals surface area contributed by atoms with Crippen LogP contribution in [0.5, 0.6) is 0 Å². The van der Waals surface area contributed by atoms with Gasteiger partial charge in [-0.1, -0.05) is 6.07 Å². The first kappa shape index (κ1) is 11.9. The van der Waals surface area contributed by atoms with Crippen LogP contribution in [0.15, 0.2) is 17.5 Å². The van der Waals surface area contributed by atoms with Crippen LogP contribution in [0.25, 0.3) is 0 Å². The molecule has 2 atom stereocenters. The average molecular weight is 276 g/mol. The molecule has 0 bridgehead atoms. The Morgan fingerprint density at radius 1 is 1.32 bits per heavy atom. The first-order chi connectivity index (χ1) is 9.25. The fourth-order valence-corrected chi connectivity index (χ4v) is 4.22. The molecule has 19 heavy (non-hydrogen) atoms. The molecule has 0 spiro atoms. The van der Waals surface area contributed by atoms with Gasteiger partial charge < -0.3 is 4.90 Å². The van der Waals surface area contributed by atoms with E-state index in [4.69, 9.17) is 0 Å². The van der Waals surface area contributed by atoms with Crippen molar-refractivity contribution in [2.24, 2.45) is 11.8 Å². The lowest BCUT2D eigenvalue weighted by Crippen LogP contribution is -2.42. The van der Waals surface area contributed by atoms with E-state index in [-0.39, 0.29) is 12.2 Å². The van der Waals surface area contributed by atoms with Crippen molar-refractivity contribution in [2.45, 2.75) is 50.9 Å². The van der Waals surface area contributed by atoms with E-state index in [1.807, 2.05) is 6.92 Å². The maximum atomic E-state index is 12.6. The second-order valence-electron chi connectivity index (χ2n) is 6.22. The largest absolute Gasteiger partial charge is 0.317 e. The Hall–Kier alpha value is -0.870. The van der Waals surface area contributed by atoms with Crippen molar-refractivity contribution in [2.75, 3.05) is 0 Å². The summed E-state index contributed by atoms with van der Waals surface area (Å²) in [5, 5.41) is 5.59. The average Bonchev–Trinajstić information content (AvgIpc) is 3.32. The molecule has 2 aliphatic carbocycles. The van der Waals surface area contributed by atoms with Crippen LogP contribution in [0.3, 0.4) is 0 Å². The number of carbonyl (C=O) groups is 1. The van der Waals surface area contributed by atoms with Gasteiger partial charge in [-0.3, -0.25) is 10.1 Å². The lowest BCUT2D eigenvalue weighted by Gasteiger charge is -2.33. The minimum Gasteiger partial charge on any atom is -0.317 e. The van der Waals surface area contributed by atoms with Crippen molar-refractivity contribution in [1.29, 1.82) is 0 Å². The zero-order valence-corrected chi connectivity index (χ0v) is 12.0. The van der Waals surface area contributed by atoms with Gasteiger partial charge in [0.1, 0.15) is 6.17 Å². The standard InChI is InChI=1S/C15H20N2OS/c1-9-15(18)17(13(10-4-5-10)11-6-7-11)14(16-9)12-3-2-8-19-12/h2-3,8-11,13-14,16H,4-7H2,1H3. The molecule has 0 aromatic carbocycles. The molecule has 3 fully saturated rings. The quantitative estimate of drug-likeness (QED) is 0.917. The highest BCUT2D eigenvalue weighted by Gasteiger charge is 2.51. The molecule has 1 saturated heterocycles. The van der Waals surface area contributed by atoms with Gasteiger partial charge in [0, 0.05) is 10.9 Å². The fourth-order valence-electron chi connectivity index (χ4n) is 3.44. The molecule has 0 radical (unpaired) electrons. The number of hydrogen-bond donors (Lipinski definition) is 1. The molecular formula is C15H20N2OS. The zero-order valence-electron chi connectivity index (χ0n) is 11.2. The van der Waals surface area contributed by atoms with E-state index in [2.05, 4.69) is 27.7 Å². The first-order valence-corrected chi connectivity index (χ1v) is 8.25. The second kappa shape index (κ2) is 4.32. The van der Waals surface area contributed by atoms with Crippen molar-refractivity contribution in [3.05, 3.63) is 22.4 Å². The van der Waals surface area contributed by atoms with Gasteiger partial charge in [0.25, 0.3) is 0 Å². The summed E-state index contributed by atoms with van der Waals surface area (Å²) in [5.74, 6) is 1.85. The van der Waals surface area contributed by atoms with E-state index in [1.54, 1.807) is 11.3 Å². The van der Waals surface area contributed by atoms with Crippen LogP contribution in [-0.2, 0) is 4.79 Å². The number of rotatable bonds is 4. The number of nitrogens with zero attached hydrogens (tertiary/aromatic N) is 1. The monoisotopic (exact) mass is 276 g/mol. The van der Waals surface area contributed by atoms with Crippen LogP contribution < -0.4 is 5.32 Å². The predicted molar refractivity (Wildman–Crippen MR) is 75.7 cm³/mol. The van der Waals surface area contributed by atoms with Crippen molar-refractivity contribution < 1.29 is 4.79 Å². The van der Waals surface area contributed by atoms with Crippen molar-refractivity contribution in [3.8, 4) is 0 Å². The Morgan fingerprint density at radius 3 is 2.53 bits per heavy atom. The highest BCUT2D eigenvalue weighted by atomic mass is 32.1. The molecule has 1 amide bonds. The topological polar surface area (TPSA) is 32.3 Å². The summed E-state index contributed by atoms with van der Waals surface area (Å²) in [4.78, 5) is 16.1. The molecular weight excluding hydrogens is 256 g/mol. The Balaban J connectivity index is 1.67. The van der Waals surface area contributed by atoms with Crippen molar-refractivity contribution in [3.63, 3.8) is 0 Å². The van der Waals surface area contributed by atoms with Gasteiger partial charge in [-0.2, -0.15) is 0 Å². The van der Waals surface area contributed by atoms with E-state index in [1.165, 1.54) is 30.6 Å².